The van der Waals surface area contributed by atoms with Gasteiger partial charge in [0.2, 0.25) is 0 Å². The van der Waals surface area contributed by atoms with Gasteiger partial charge in [0.15, 0.2) is 0 Å². The molecule has 0 nitrogen and oxygen atoms in total. The van der Waals surface area contributed by atoms with Crippen LogP contribution >= 0.6 is 0 Å². The maximum Gasteiger partial charge on any atom is -0.0269 e. The minimum atomic E-state index is 0.570. The summed E-state index contributed by atoms with van der Waals surface area (Å²) in [6.07, 6.45) is 13.4. The number of rotatable bonds is 9. The smallest absolute Gasteiger partial charge is 0.0269 e. The van der Waals surface area contributed by atoms with Crippen molar-refractivity contribution >= 4 is 0 Å². The fraction of sp³-hybridized carbons (Fsp3) is 0.929. The maximum absolute atomic E-state index is 2.58. The van der Waals surface area contributed by atoms with E-state index in [4.69, 9.17) is 0 Å². The fourth-order valence-electron chi connectivity index (χ4n) is 2.32. The number of hydrogen-bond acceptors (Lipinski definition) is 0. The minimum Gasteiger partial charge on any atom is -0.0654 e. The van der Waals surface area contributed by atoms with E-state index in [9.17, 15) is 0 Å². The zero-order chi connectivity index (χ0) is 10.9. The van der Waals surface area contributed by atoms with E-state index in [2.05, 4.69) is 34.1 Å². The van der Waals surface area contributed by atoms with E-state index in [1.165, 1.54) is 51.4 Å². The Kier molecular flexibility index (Phi) is 8.32. The molecule has 0 fully saturated rings. The second-order valence-electron chi connectivity index (χ2n) is 4.54. The summed E-state index contributed by atoms with van der Waals surface area (Å²) in [7, 11) is 0. The van der Waals surface area contributed by atoms with E-state index in [0.717, 1.165) is 0 Å². The summed E-state index contributed by atoms with van der Waals surface area (Å²) in [5, 5.41) is 0. The van der Waals surface area contributed by atoms with Gasteiger partial charge in [0.25, 0.3) is 0 Å². The Bertz CT molecular complexity index is 107. The third-order valence-corrected chi connectivity index (χ3v) is 3.40. The highest BCUT2D eigenvalue weighted by Gasteiger charge is 2.25. The van der Waals surface area contributed by atoms with Gasteiger partial charge in [-0.25, -0.2) is 0 Å². The predicted molar refractivity (Wildman–Crippen MR) is 66.4 cm³/mol. The molecule has 0 saturated heterocycles. The third-order valence-electron chi connectivity index (χ3n) is 3.40. The molecular formula is C14H29. The van der Waals surface area contributed by atoms with Crippen LogP contribution in [0.3, 0.4) is 0 Å². The van der Waals surface area contributed by atoms with Crippen LogP contribution in [0.25, 0.3) is 0 Å². The van der Waals surface area contributed by atoms with Crippen LogP contribution in [-0.4, -0.2) is 0 Å². The highest BCUT2D eigenvalue weighted by molar-refractivity contribution is 4.90. The first-order valence-corrected chi connectivity index (χ1v) is 6.59. The quantitative estimate of drug-likeness (QED) is 0.465. The summed E-state index contributed by atoms with van der Waals surface area (Å²) in [4.78, 5) is 0. The van der Waals surface area contributed by atoms with E-state index in [0.29, 0.717) is 5.41 Å². The monoisotopic (exact) mass is 197 g/mol. The van der Waals surface area contributed by atoms with Crippen molar-refractivity contribution in [3.05, 3.63) is 6.42 Å². The van der Waals surface area contributed by atoms with Crippen LogP contribution in [0, 0.1) is 11.8 Å². The van der Waals surface area contributed by atoms with Gasteiger partial charge in [0, 0.05) is 0 Å². The van der Waals surface area contributed by atoms with Crippen molar-refractivity contribution in [3.63, 3.8) is 0 Å². The highest BCUT2D eigenvalue weighted by Crippen LogP contribution is 2.38. The first-order valence-electron chi connectivity index (χ1n) is 6.59. The molecule has 0 aliphatic carbocycles. The van der Waals surface area contributed by atoms with Crippen molar-refractivity contribution in [3.8, 4) is 0 Å². The average Bonchev–Trinajstić information content (AvgIpc) is 2.22. The molecule has 0 amide bonds. The van der Waals surface area contributed by atoms with Gasteiger partial charge in [-0.15, -0.1) is 0 Å². The molecule has 0 aliphatic heterocycles. The molecule has 85 valence electrons. The minimum absolute atomic E-state index is 0.570. The Morgan fingerprint density at radius 3 is 1.64 bits per heavy atom. The van der Waals surface area contributed by atoms with Crippen molar-refractivity contribution in [1.82, 2.24) is 0 Å². The molecule has 0 saturated carbocycles. The van der Waals surface area contributed by atoms with Crippen molar-refractivity contribution < 1.29 is 0 Å². The molecule has 0 N–H and O–H groups in total. The molecule has 0 aromatic carbocycles. The van der Waals surface area contributed by atoms with Crippen molar-refractivity contribution in [1.29, 1.82) is 0 Å². The van der Waals surface area contributed by atoms with Gasteiger partial charge in [-0.05, 0) is 24.7 Å². The summed E-state index contributed by atoms with van der Waals surface area (Å²) in [6, 6.07) is 0. The summed E-state index contributed by atoms with van der Waals surface area (Å²) < 4.78 is 0. The van der Waals surface area contributed by atoms with Gasteiger partial charge >= 0.3 is 0 Å². The van der Waals surface area contributed by atoms with Crippen LogP contribution in [0.15, 0.2) is 0 Å². The van der Waals surface area contributed by atoms with E-state index in [1.807, 2.05) is 0 Å². The molecule has 0 heteroatoms. The van der Waals surface area contributed by atoms with Gasteiger partial charge in [0.1, 0.15) is 0 Å². The Morgan fingerprint density at radius 1 is 0.857 bits per heavy atom. The third kappa shape index (κ3) is 5.02. The Hall–Kier alpha value is 0. The van der Waals surface area contributed by atoms with Crippen LogP contribution in [-0.2, 0) is 0 Å². The zero-order valence-corrected chi connectivity index (χ0v) is 10.7. The molecule has 0 bridgehead atoms. The lowest BCUT2D eigenvalue weighted by Gasteiger charge is -2.32. The lowest BCUT2D eigenvalue weighted by molar-refractivity contribution is 0.258. The molecule has 0 aromatic rings. The summed E-state index contributed by atoms with van der Waals surface area (Å²) in [5.41, 5.74) is 0.570. The largest absolute Gasteiger partial charge is 0.0654 e. The van der Waals surface area contributed by atoms with Crippen LogP contribution in [0.2, 0.25) is 0 Å². The Labute approximate surface area is 91.5 Å². The molecule has 0 unspecified atom stereocenters. The molecule has 0 heterocycles. The number of unbranched alkanes of at least 4 members (excludes halogenated alkanes) is 2. The van der Waals surface area contributed by atoms with Crippen molar-refractivity contribution in [2.24, 2.45) is 5.41 Å². The van der Waals surface area contributed by atoms with Gasteiger partial charge in [0.05, 0.1) is 0 Å². The fourth-order valence-corrected chi connectivity index (χ4v) is 2.32. The molecule has 0 aliphatic rings. The van der Waals surface area contributed by atoms with Crippen molar-refractivity contribution in [2.75, 3.05) is 0 Å². The molecular weight excluding hydrogens is 168 g/mol. The lowest BCUT2D eigenvalue weighted by atomic mass is 9.73. The average molecular weight is 197 g/mol. The zero-order valence-electron chi connectivity index (χ0n) is 10.7. The van der Waals surface area contributed by atoms with E-state index in [1.54, 1.807) is 0 Å². The Morgan fingerprint density at radius 2 is 1.36 bits per heavy atom. The summed E-state index contributed by atoms with van der Waals surface area (Å²) in [5.74, 6) is 0. The van der Waals surface area contributed by atoms with E-state index >= 15 is 0 Å². The van der Waals surface area contributed by atoms with Crippen LogP contribution in [0.5, 0.6) is 0 Å². The second kappa shape index (κ2) is 8.32. The summed E-state index contributed by atoms with van der Waals surface area (Å²) >= 11 is 0. The SMILES string of the molecule is CC[CH]C(CC)(CCCC)CCCC. The van der Waals surface area contributed by atoms with Gasteiger partial charge in [-0.1, -0.05) is 66.2 Å². The van der Waals surface area contributed by atoms with Gasteiger partial charge < -0.3 is 0 Å². The highest BCUT2D eigenvalue weighted by atomic mass is 14.3. The van der Waals surface area contributed by atoms with Crippen LogP contribution < -0.4 is 0 Å². The first kappa shape index (κ1) is 14.0. The standard InChI is InChI=1S/C14H29/c1-5-9-12-14(8-4,11-7-3)13-10-6-2/h11H,5-10,12-13H2,1-4H3. The molecule has 0 aromatic heterocycles. The summed E-state index contributed by atoms with van der Waals surface area (Å²) in [6.45, 7) is 9.23. The van der Waals surface area contributed by atoms with Gasteiger partial charge in [-0.2, -0.15) is 0 Å². The van der Waals surface area contributed by atoms with Crippen molar-refractivity contribution in [2.45, 2.75) is 79.1 Å². The van der Waals surface area contributed by atoms with Crippen LogP contribution in [0.1, 0.15) is 79.1 Å². The molecule has 0 atom stereocenters. The van der Waals surface area contributed by atoms with Crippen LogP contribution in [0.4, 0.5) is 0 Å². The number of hydrogen-bond donors (Lipinski definition) is 0. The molecule has 14 heavy (non-hydrogen) atoms. The Balaban J connectivity index is 4.11. The van der Waals surface area contributed by atoms with E-state index < -0.39 is 0 Å². The predicted octanol–water partition coefficient (Wildman–Crippen LogP) is 5.38. The topological polar surface area (TPSA) is 0 Å². The maximum atomic E-state index is 2.58. The normalized spacial score (nSPS) is 12.0. The second-order valence-corrected chi connectivity index (χ2v) is 4.54. The molecule has 0 spiro atoms. The molecule has 1 radical (unpaired) electrons. The lowest BCUT2D eigenvalue weighted by Crippen LogP contribution is -2.20. The molecule has 0 rings (SSSR count). The van der Waals surface area contributed by atoms with E-state index in [-0.39, 0.29) is 0 Å². The first-order chi connectivity index (χ1) is 6.74. The van der Waals surface area contributed by atoms with Gasteiger partial charge in [-0.3, -0.25) is 0 Å².